The summed E-state index contributed by atoms with van der Waals surface area (Å²) in [5, 5.41) is 19.9. The number of nitrogens with zero attached hydrogens (tertiary/aromatic N) is 1. The van der Waals surface area contributed by atoms with Crippen LogP contribution in [0.5, 0.6) is 5.75 Å². The molecule has 0 heterocycles. The first-order chi connectivity index (χ1) is 17.6. The second kappa shape index (κ2) is 14.3. The van der Waals surface area contributed by atoms with Crippen LogP contribution in [0, 0.1) is 6.92 Å². The number of aryl methyl sites for hydroxylation is 1. The van der Waals surface area contributed by atoms with Crippen LogP contribution in [0.4, 0.5) is 21.0 Å². The number of amides is 5. The highest BCUT2D eigenvalue weighted by Crippen LogP contribution is 2.26. The van der Waals surface area contributed by atoms with Crippen LogP contribution in [0.3, 0.4) is 0 Å². The van der Waals surface area contributed by atoms with Crippen molar-refractivity contribution in [1.82, 2.24) is 15.5 Å². The molecule has 5 amide bonds. The van der Waals surface area contributed by atoms with Crippen LogP contribution in [0.15, 0.2) is 42.5 Å². The molecule has 1 atom stereocenters. The zero-order valence-corrected chi connectivity index (χ0v) is 21.6. The fourth-order valence-electron chi connectivity index (χ4n) is 3.41. The normalized spacial score (nSPS) is 11.1. The molecule has 0 aromatic heterocycles. The molecule has 2 aromatic rings. The molecule has 0 aliphatic rings. The molecule has 0 saturated heterocycles. The lowest BCUT2D eigenvalue weighted by Crippen LogP contribution is -2.43. The Morgan fingerprint density at radius 2 is 1.68 bits per heavy atom. The molecule has 2 aromatic carbocycles. The summed E-state index contributed by atoms with van der Waals surface area (Å²) in [4.78, 5) is 48.9. The van der Waals surface area contributed by atoms with E-state index in [9.17, 15) is 19.2 Å². The van der Waals surface area contributed by atoms with Crippen molar-refractivity contribution >= 4 is 35.3 Å². The Hall–Kier alpha value is -4.28. The number of carboxylic acid groups (broad SMARTS) is 1. The average Bonchev–Trinajstić information content (AvgIpc) is 2.85. The van der Waals surface area contributed by atoms with Gasteiger partial charge in [0.15, 0.2) is 0 Å². The molecule has 0 radical (unpaired) electrons. The fraction of sp³-hybridized carbons (Fsp3) is 0.385. The number of ether oxygens (including phenoxy) is 1. The summed E-state index contributed by atoms with van der Waals surface area (Å²) in [6.45, 7) is 4.26. The van der Waals surface area contributed by atoms with Crippen molar-refractivity contribution in [3.8, 4) is 5.75 Å². The highest BCUT2D eigenvalue weighted by molar-refractivity contribution is 6.01. The molecule has 2 rings (SSSR count). The maximum atomic E-state index is 12.4. The van der Waals surface area contributed by atoms with Crippen LogP contribution in [-0.2, 0) is 16.0 Å². The molecule has 0 aliphatic heterocycles. The molecule has 0 spiro atoms. The molecule has 11 nitrogen and oxygen atoms in total. The predicted octanol–water partition coefficient (Wildman–Crippen LogP) is 3.20. The van der Waals surface area contributed by atoms with E-state index in [0.717, 1.165) is 5.56 Å². The number of anilines is 2. The largest absolute Gasteiger partial charge is 0.495 e. The maximum Gasteiger partial charge on any atom is 0.323 e. The lowest BCUT2D eigenvalue weighted by atomic mass is 10.1. The van der Waals surface area contributed by atoms with Gasteiger partial charge in [-0.1, -0.05) is 24.3 Å². The van der Waals surface area contributed by atoms with Gasteiger partial charge in [-0.15, -0.1) is 0 Å². The lowest BCUT2D eigenvalue weighted by Gasteiger charge is -2.23. The first kappa shape index (κ1) is 29.0. The molecule has 37 heavy (non-hydrogen) atoms. The van der Waals surface area contributed by atoms with E-state index in [1.165, 1.54) is 19.1 Å². The number of para-hydroxylation sites is 1. The number of hydrogen-bond acceptors (Lipinski definition) is 5. The number of hydrogen-bond donors (Lipinski definition) is 5. The Labute approximate surface area is 216 Å². The second-order valence-corrected chi connectivity index (χ2v) is 8.60. The zero-order chi connectivity index (χ0) is 27.4. The number of carbonyl (C=O) groups excluding carboxylic acids is 3. The topological polar surface area (TPSA) is 149 Å². The molecular formula is C26H35N5O6. The number of rotatable bonds is 12. The van der Waals surface area contributed by atoms with Gasteiger partial charge in [0.2, 0.25) is 5.91 Å². The third kappa shape index (κ3) is 9.71. The van der Waals surface area contributed by atoms with Gasteiger partial charge in [-0.3, -0.25) is 9.59 Å². The Morgan fingerprint density at radius 3 is 2.35 bits per heavy atom. The Bertz CT molecular complexity index is 1110. The van der Waals surface area contributed by atoms with Crippen molar-refractivity contribution in [1.29, 1.82) is 0 Å². The molecule has 5 N–H and O–H groups in total. The summed E-state index contributed by atoms with van der Waals surface area (Å²) in [6, 6.07) is 11.3. The summed E-state index contributed by atoms with van der Waals surface area (Å²) in [7, 11) is 3.02. The van der Waals surface area contributed by atoms with Crippen molar-refractivity contribution < 1.29 is 29.0 Å². The molecule has 11 heteroatoms. The summed E-state index contributed by atoms with van der Waals surface area (Å²) in [5.74, 6) is -0.741. The number of carbonyl (C=O) groups is 4. The SMILES string of the molecule is COc1cc(CC(=O)NCCCNC(=O)N(C)C(C)CC(=O)O)ccc1NC(=O)Nc1ccccc1C. The van der Waals surface area contributed by atoms with Crippen molar-refractivity contribution in [3.63, 3.8) is 0 Å². The van der Waals surface area contributed by atoms with Gasteiger partial charge in [-0.2, -0.15) is 0 Å². The Balaban J connectivity index is 1.77. The highest BCUT2D eigenvalue weighted by Gasteiger charge is 2.17. The number of aliphatic carboxylic acids is 1. The summed E-state index contributed by atoms with van der Waals surface area (Å²) in [6.07, 6.45) is 0.497. The minimum atomic E-state index is -0.970. The molecule has 1 unspecified atom stereocenters. The van der Waals surface area contributed by atoms with Crippen LogP contribution >= 0.6 is 0 Å². The highest BCUT2D eigenvalue weighted by atomic mass is 16.5. The van der Waals surface area contributed by atoms with Gasteiger partial charge >= 0.3 is 18.0 Å². The monoisotopic (exact) mass is 513 g/mol. The van der Waals surface area contributed by atoms with Crippen molar-refractivity contribution in [2.24, 2.45) is 0 Å². The molecule has 0 aliphatic carbocycles. The minimum absolute atomic E-state index is 0.119. The van der Waals surface area contributed by atoms with Gasteiger partial charge in [0.25, 0.3) is 0 Å². The third-order valence-corrected chi connectivity index (χ3v) is 5.68. The number of methoxy groups -OCH3 is 1. The van der Waals surface area contributed by atoms with Crippen LogP contribution in [0.2, 0.25) is 0 Å². The zero-order valence-electron chi connectivity index (χ0n) is 21.6. The van der Waals surface area contributed by atoms with Crippen LogP contribution in [-0.4, -0.2) is 67.2 Å². The van der Waals surface area contributed by atoms with Crippen molar-refractivity contribution in [2.75, 3.05) is 37.9 Å². The van der Waals surface area contributed by atoms with Crippen molar-refractivity contribution in [3.05, 3.63) is 53.6 Å². The van der Waals surface area contributed by atoms with E-state index in [0.29, 0.717) is 42.2 Å². The van der Waals surface area contributed by atoms with E-state index in [1.807, 2.05) is 31.2 Å². The number of urea groups is 2. The predicted molar refractivity (Wildman–Crippen MR) is 141 cm³/mol. The van der Waals surface area contributed by atoms with Crippen LogP contribution in [0.1, 0.15) is 30.9 Å². The smallest absolute Gasteiger partial charge is 0.323 e. The van der Waals surface area contributed by atoms with E-state index in [4.69, 9.17) is 9.84 Å². The molecule has 200 valence electrons. The quantitative estimate of drug-likeness (QED) is 0.275. The molecular weight excluding hydrogens is 478 g/mol. The van der Waals surface area contributed by atoms with E-state index in [-0.39, 0.29) is 24.8 Å². The van der Waals surface area contributed by atoms with Gasteiger partial charge in [-0.05, 0) is 49.6 Å². The first-order valence-electron chi connectivity index (χ1n) is 11.9. The number of nitrogens with one attached hydrogen (secondary N) is 4. The molecule has 0 fully saturated rings. The summed E-state index contributed by atoms with van der Waals surface area (Å²) >= 11 is 0. The minimum Gasteiger partial charge on any atom is -0.495 e. The van der Waals surface area contributed by atoms with Gasteiger partial charge in [0.1, 0.15) is 5.75 Å². The summed E-state index contributed by atoms with van der Waals surface area (Å²) in [5.41, 5.74) is 2.82. The Morgan fingerprint density at radius 1 is 1.00 bits per heavy atom. The third-order valence-electron chi connectivity index (χ3n) is 5.68. The van der Waals surface area contributed by atoms with Gasteiger partial charge in [0, 0.05) is 31.9 Å². The van der Waals surface area contributed by atoms with E-state index >= 15 is 0 Å². The standard InChI is InChI=1S/C26H35N5O6/c1-17-8-5-6-9-20(17)29-25(35)30-21-11-10-19(15-22(21)37-4)16-23(32)27-12-7-13-28-26(36)31(3)18(2)14-24(33)34/h5-6,8-11,15,18H,7,12-14,16H2,1-4H3,(H,27,32)(H,28,36)(H,33,34)(H2,29,30,35). The second-order valence-electron chi connectivity index (χ2n) is 8.60. The van der Waals surface area contributed by atoms with Crippen molar-refractivity contribution in [2.45, 2.75) is 39.2 Å². The van der Waals surface area contributed by atoms with E-state index in [2.05, 4.69) is 21.3 Å². The first-order valence-corrected chi connectivity index (χ1v) is 11.9. The lowest BCUT2D eigenvalue weighted by molar-refractivity contribution is -0.138. The van der Waals surface area contributed by atoms with E-state index < -0.39 is 18.0 Å². The van der Waals surface area contributed by atoms with Gasteiger partial charge in [0.05, 0.1) is 25.6 Å². The molecule has 0 saturated carbocycles. The average molecular weight is 514 g/mol. The van der Waals surface area contributed by atoms with Crippen LogP contribution < -0.4 is 26.0 Å². The number of carboxylic acids is 1. The number of benzene rings is 2. The molecule has 0 bridgehead atoms. The summed E-state index contributed by atoms with van der Waals surface area (Å²) < 4.78 is 5.38. The van der Waals surface area contributed by atoms with Gasteiger partial charge < -0.3 is 36.0 Å². The Kier molecular flexibility index (Phi) is 11.2. The fourth-order valence-corrected chi connectivity index (χ4v) is 3.41. The van der Waals surface area contributed by atoms with Gasteiger partial charge in [-0.25, -0.2) is 9.59 Å². The maximum absolute atomic E-state index is 12.4. The van der Waals surface area contributed by atoms with Crippen LogP contribution in [0.25, 0.3) is 0 Å². The van der Waals surface area contributed by atoms with E-state index in [1.54, 1.807) is 25.1 Å².